The summed E-state index contributed by atoms with van der Waals surface area (Å²) in [5, 5.41) is 20.5. The quantitative estimate of drug-likeness (QED) is 0.496. The minimum Gasteiger partial charge on any atom is -0.388 e. The number of nitrogens with zero attached hydrogens (tertiary/aromatic N) is 1. The van der Waals surface area contributed by atoms with Crippen molar-refractivity contribution in [1.29, 1.82) is 0 Å². The van der Waals surface area contributed by atoms with Gasteiger partial charge in [0, 0.05) is 18.0 Å². The maximum absolute atomic E-state index is 11.8. The number of carbonyl (C=O) groups is 1. The van der Waals surface area contributed by atoms with Gasteiger partial charge in [-0.05, 0) is 23.4 Å². The Hall–Kier alpha value is -1.11. The highest BCUT2D eigenvalue weighted by atomic mass is 35.5. The molecule has 7 heteroatoms. The number of nitro groups is 1. The monoisotopic (exact) mass is 303 g/mol. The summed E-state index contributed by atoms with van der Waals surface area (Å²) in [6.45, 7) is 1.84. The second-order valence-corrected chi connectivity index (χ2v) is 5.38. The van der Waals surface area contributed by atoms with Crippen molar-refractivity contribution in [2.45, 2.75) is 13.0 Å². The smallest absolute Gasteiger partial charge is 0.269 e. The van der Waals surface area contributed by atoms with E-state index in [0.717, 1.165) is 11.8 Å². The lowest BCUT2D eigenvalue weighted by atomic mass is 9.98. The molecule has 0 saturated heterocycles. The minimum absolute atomic E-state index is 0.00396. The predicted molar refractivity (Wildman–Crippen MR) is 75.4 cm³/mol. The van der Waals surface area contributed by atoms with Gasteiger partial charge in [0.05, 0.1) is 16.9 Å². The van der Waals surface area contributed by atoms with Crippen molar-refractivity contribution in [2.75, 3.05) is 11.6 Å². The molecule has 1 aromatic rings. The molecule has 0 aromatic heterocycles. The van der Waals surface area contributed by atoms with Gasteiger partial charge in [0.1, 0.15) is 0 Å². The molecule has 1 rings (SSSR count). The summed E-state index contributed by atoms with van der Waals surface area (Å²) in [6, 6.07) is 5.46. The second kappa shape index (κ2) is 7.47. The molecule has 0 fully saturated rings. The molecule has 0 aliphatic heterocycles. The van der Waals surface area contributed by atoms with Crippen LogP contribution < -0.4 is 0 Å². The van der Waals surface area contributed by atoms with Crippen LogP contribution in [0.3, 0.4) is 0 Å². The SMILES string of the molecule is CCSC(=O)[C@H](CCl)[C@H](O)c1ccc([N+](=O)[O-])cc1. The van der Waals surface area contributed by atoms with Gasteiger partial charge in [0.25, 0.3) is 5.69 Å². The lowest BCUT2D eigenvalue weighted by Gasteiger charge is -2.19. The highest BCUT2D eigenvalue weighted by molar-refractivity contribution is 8.13. The molecule has 0 bridgehead atoms. The molecule has 0 unspecified atom stereocenters. The molecule has 0 heterocycles. The molecule has 0 saturated carbocycles. The Morgan fingerprint density at radius 1 is 1.47 bits per heavy atom. The van der Waals surface area contributed by atoms with Gasteiger partial charge in [-0.2, -0.15) is 0 Å². The van der Waals surface area contributed by atoms with E-state index in [1.165, 1.54) is 24.3 Å². The average molecular weight is 304 g/mol. The molecule has 1 aromatic carbocycles. The standard InChI is InChI=1S/C12H14ClNO4S/c1-2-19-12(16)10(7-13)11(15)8-3-5-9(6-4-8)14(17)18/h3-6,10-11,15H,2,7H2,1H3/t10-,11-/m1/s1. The van der Waals surface area contributed by atoms with Crippen molar-refractivity contribution in [1.82, 2.24) is 0 Å². The number of alkyl halides is 1. The zero-order chi connectivity index (χ0) is 14.4. The van der Waals surface area contributed by atoms with Gasteiger partial charge in [0.15, 0.2) is 5.12 Å². The third-order valence-electron chi connectivity index (χ3n) is 2.58. The molecule has 104 valence electrons. The van der Waals surface area contributed by atoms with Crippen LogP contribution in [0, 0.1) is 16.0 Å². The highest BCUT2D eigenvalue weighted by Crippen LogP contribution is 2.28. The van der Waals surface area contributed by atoms with E-state index in [2.05, 4.69) is 0 Å². The van der Waals surface area contributed by atoms with Gasteiger partial charge in [0.2, 0.25) is 0 Å². The van der Waals surface area contributed by atoms with Crippen LogP contribution in [0.1, 0.15) is 18.6 Å². The molecular weight excluding hydrogens is 290 g/mol. The zero-order valence-corrected chi connectivity index (χ0v) is 11.9. The third-order valence-corrected chi connectivity index (χ3v) is 3.79. The van der Waals surface area contributed by atoms with Crippen LogP contribution in [0.2, 0.25) is 0 Å². The molecule has 2 atom stereocenters. The Kier molecular flexibility index (Phi) is 6.27. The van der Waals surface area contributed by atoms with Gasteiger partial charge >= 0.3 is 0 Å². The molecule has 5 nitrogen and oxygen atoms in total. The number of aliphatic hydroxyl groups excluding tert-OH is 1. The Morgan fingerprint density at radius 2 is 2.05 bits per heavy atom. The first kappa shape index (κ1) is 15.9. The average Bonchev–Trinajstić information content (AvgIpc) is 2.39. The van der Waals surface area contributed by atoms with E-state index in [1.54, 1.807) is 0 Å². The molecule has 0 radical (unpaired) electrons. The Labute approximate surface area is 120 Å². The fourth-order valence-corrected chi connectivity index (χ4v) is 2.66. The number of nitro benzene ring substituents is 1. The first-order chi connectivity index (χ1) is 9.01. The second-order valence-electron chi connectivity index (χ2n) is 3.81. The number of non-ortho nitro benzene ring substituents is 1. The van der Waals surface area contributed by atoms with Gasteiger partial charge in [-0.1, -0.05) is 18.7 Å². The van der Waals surface area contributed by atoms with E-state index < -0.39 is 16.9 Å². The summed E-state index contributed by atoms with van der Waals surface area (Å²) in [5.41, 5.74) is 0.383. The summed E-state index contributed by atoms with van der Waals surface area (Å²) < 4.78 is 0. The third kappa shape index (κ3) is 4.19. The minimum atomic E-state index is -1.05. The van der Waals surface area contributed by atoms with Crippen molar-refractivity contribution in [3.63, 3.8) is 0 Å². The maximum atomic E-state index is 11.8. The largest absolute Gasteiger partial charge is 0.388 e. The number of benzene rings is 1. The van der Waals surface area contributed by atoms with Gasteiger partial charge in [-0.3, -0.25) is 14.9 Å². The molecule has 1 N–H and O–H groups in total. The van der Waals surface area contributed by atoms with Crippen molar-refractivity contribution in [3.8, 4) is 0 Å². The lowest BCUT2D eigenvalue weighted by Crippen LogP contribution is -2.22. The number of rotatable bonds is 6. The van der Waals surface area contributed by atoms with Crippen LogP contribution in [0.5, 0.6) is 0 Å². The topological polar surface area (TPSA) is 80.4 Å². The molecule has 0 spiro atoms. The normalized spacial score (nSPS) is 13.8. The van der Waals surface area contributed by atoms with Gasteiger partial charge in [-0.15, -0.1) is 11.6 Å². The van der Waals surface area contributed by atoms with Gasteiger partial charge in [-0.25, -0.2) is 0 Å². The number of hydrogen-bond acceptors (Lipinski definition) is 5. The number of carbonyl (C=O) groups excluding carboxylic acids is 1. The van der Waals surface area contributed by atoms with Crippen LogP contribution in [0.15, 0.2) is 24.3 Å². The molecule has 0 amide bonds. The van der Waals surface area contributed by atoms with E-state index in [4.69, 9.17) is 11.6 Å². The number of aliphatic hydroxyl groups is 1. The first-order valence-corrected chi connectivity index (χ1v) is 7.18. The number of halogens is 1. The van der Waals surface area contributed by atoms with E-state index in [9.17, 15) is 20.0 Å². The van der Waals surface area contributed by atoms with E-state index >= 15 is 0 Å². The van der Waals surface area contributed by atoms with Crippen LogP contribution in [0.25, 0.3) is 0 Å². The summed E-state index contributed by atoms with van der Waals surface area (Å²) in [7, 11) is 0. The Bertz CT molecular complexity index is 452. The van der Waals surface area contributed by atoms with Crippen molar-refractivity contribution in [2.24, 2.45) is 5.92 Å². The Balaban J connectivity index is 2.88. The Morgan fingerprint density at radius 3 is 2.47 bits per heavy atom. The van der Waals surface area contributed by atoms with Crippen LogP contribution >= 0.6 is 23.4 Å². The number of hydrogen-bond donors (Lipinski definition) is 1. The summed E-state index contributed by atoms with van der Waals surface area (Å²) in [4.78, 5) is 21.8. The van der Waals surface area contributed by atoms with Crippen molar-refractivity contribution in [3.05, 3.63) is 39.9 Å². The van der Waals surface area contributed by atoms with Crippen molar-refractivity contribution < 1.29 is 14.8 Å². The maximum Gasteiger partial charge on any atom is 0.269 e. The molecule has 0 aliphatic rings. The van der Waals surface area contributed by atoms with E-state index in [-0.39, 0.29) is 16.7 Å². The summed E-state index contributed by atoms with van der Waals surface area (Å²) >= 11 is 6.83. The van der Waals surface area contributed by atoms with Crippen LogP contribution in [-0.4, -0.2) is 26.8 Å². The molecular formula is C12H14ClNO4S. The summed E-state index contributed by atoms with van der Waals surface area (Å²) in [6.07, 6.45) is -1.05. The zero-order valence-electron chi connectivity index (χ0n) is 10.3. The lowest BCUT2D eigenvalue weighted by molar-refractivity contribution is -0.384. The van der Waals surface area contributed by atoms with Crippen molar-refractivity contribution >= 4 is 34.2 Å². The number of thioether (sulfide) groups is 1. The molecule has 0 aliphatic carbocycles. The van der Waals surface area contributed by atoms with E-state index in [0.29, 0.717) is 11.3 Å². The van der Waals surface area contributed by atoms with E-state index in [1.807, 2.05) is 6.92 Å². The fourth-order valence-electron chi connectivity index (χ4n) is 1.55. The predicted octanol–water partition coefficient (Wildman–Crippen LogP) is 2.76. The first-order valence-electron chi connectivity index (χ1n) is 5.66. The summed E-state index contributed by atoms with van der Waals surface area (Å²) in [5.74, 6) is -0.100. The highest BCUT2D eigenvalue weighted by Gasteiger charge is 2.27. The molecule has 19 heavy (non-hydrogen) atoms. The van der Waals surface area contributed by atoms with Crippen LogP contribution in [0.4, 0.5) is 5.69 Å². The van der Waals surface area contributed by atoms with Crippen LogP contribution in [-0.2, 0) is 4.79 Å². The fraction of sp³-hybridized carbons (Fsp3) is 0.417. The van der Waals surface area contributed by atoms with Gasteiger partial charge < -0.3 is 5.11 Å².